The summed E-state index contributed by atoms with van der Waals surface area (Å²) < 4.78 is 62.1. The molecule has 316 valence electrons. The predicted octanol–water partition coefficient (Wildman–Crippen LogP) is 0.267. The molecule has 2 aromatic rings. The normalized spacial score (nSPS) is 21.9. The number of hydrogen-bond donors (Lipinski definition) is 9. The van der Waals surface area contributed by atoms with Crippen LogP contribution in [0.2, 0.25) is 0 Å². The zero-order valence-corrected chi connectivity index (χ0v) is 34.0. The van der Waals surface area contributed by atoms with Crippen molar-refractivity contribution in [2.75, 3.05) is 37.8 Å². The van der Waals surface area contributed by atoms with Gasteiger partial charge in [-0.05, 0) is 18.4 Å². The highest BCUT2D eigenvalue weighted by atomic mass is 32.2. The number of anilines is 1. The maximum atomic E-state index is 12.7. The number of phosphoric acid groups is 3. The van der Waals surface area contributed by atoms with Gasteiger partial charge in [-0.3, -0.25) is 32.5 Å². The lowest BCUT2D eigenvalue weighted by Crippen LogP contribution is -2.46. The number of carbonyl (C=O) groups is 3. The van der Waals surface area contributed by atoms with Crippen LogP contribution < -0.4 is 16.4 Å². The molecule has 10 N–H and O–H groups in total. The maximum absolute atomic E-state index is 12.7. The van der Waals surface area contributed by atoms with Crippen LogP contribution in [0, 0.1) is 11.3 Å². The van der Waals surface area contributed by atoms with Crippen LogP contribution >= 0.6 is 35.2 Å². The van der Waals surface area contributed by atoms with Crippen LogP contribution in [0.3, 0.4) is 0 Å². The minimum atomic E-state index is -5.57. The third-order valence-electron chi connectivity index (χ3n) is 7.61. The van der Waals surface area contributed by atoms with E-state index in [1.807, 2.05) is 13.8 Å². The maximum Gasteiger partial charge on any atom is 0.481 e. The number of ether oxygens (including phenoxy) is 1. The zero-order valence-electron chi connectivity index (χ0n) is 30.5. The van der Waals surface area contributed by atoms with Gasteiger partial charge < -0.3 is 50.9 Å². The van der Waals surface area contributed by atoms with E-state index in [2.05, 4.69) is 34.4 Å². The van der Waals surface area contributed by atoms with Gasteiger partial charge in [0.2, 0.25) is 16.9 Å². The topological polar surface area (TPSA) is 364 Å². The Kier molecular flexibility index (Phi) is 17.3. The number of aliphatic hydroxyl groups is 2. The quantitative estimate of drug-likeness (QED) is 0.0435. The largest absolute Gasteiger partial charge is 0.481 e. The highest BCUT2D eigenvalue weighted by molar-refractivity contribution is 8.14. The molecule has 0 radical (unpaired) electrons. The van der Waals surface area contributed by atoms with Crippen molar-refractivity contribution in [1.82, 2.24) is 30.2 Å². The molecule has 0 spiro atoms. The molecule has 2 aromatic heterocycles. The Hall–Kier alpha value is -2.70. The number of nitrogen functional groups attached to an aromatic ring is 1. The Balaban J connectivity index is 1.48. The number of aromatic nitrogens is 4. The molecule has 0 bridgehead atoms. The van der Waals surface area contributed by atoms with Crippen LogP contribution in [-0.4, -0.2) is 123 Å². The van der Waals surface area contributed by atoms with E-state index >= 15 is 0 Å². The van der Waals surface area contributed by atoms with Gasteiger partial charge in [-0.2, -0.15) is 4.31 Å². The van der Waals surface area contributed by atoms with E-state index in [4.69, 9.17) is 19.5 Å². The molecule has 1 fully saturated rings. The number of fused-ring (bicyclic) bond motifs is 1. The summed E-state index contributed by atoms with van der Waals surface area (Å²) in [4.78, 5) is 87.4. The van der Waals surface area contributed by atoms with Crippen molar-refractivity contribution < 1.29 is 80.5 Å². The van der Waals surface area contributed by atoms with E-state index < -0.39 is 84.6 Å². The first-order valence-electron chi connectivity index (χ1n) is 16.6. The summed E-state index contributed by atoms with van der Waals surface area (Å²) in [5.41, 5.74) is 4.26. The van der Waals surface area contributed by atoms with E-state index in [1.165, 1.54) is 19.9 Å². The number of phosphoric ester groups is 3. The van der Waals surface area contributed by atoms with Crippen molar-refractivity contribution >= 4 is 69.1 Å². The van der Waals surface area contributed by atoms with E-state index in [0.29, 0.717) is 11.7 Å². The second-order valence-electron chi connectivity index (χ2n) is 13.3. The van der Waals surface area contributed by atoms with Crippen molar-refractivity contribution in [2.24, 2.45) is 11.3 Å². The number of carbonyl (C=O) groups excluding carboxylic acids is 3. The fourth-order valence-corrected chi connectivity index (χ4v) is 8.19. The zero-order chi connectivity index (χ0) is 42.1. The summed E-state index contributed by atoms with van der Waals surface area (Å²) in [6.45, 7) is 4.53. The first kappa shape index (κ1) is 47.7. The van der Waals surface area contributed by atoms with Crippen LogP contribution in [-0.2, 0) is 50.7 Å². The lowest BCUT2D eigenvalue weighted by Gasteiger charge is -2.30. The van der Waals surface area contributed by atoms with Crippen LogP contribution in [0.25, 0.3) is 11.2 Å². The second kappa shape index (κ2) is 20.3. The Bertz CT molecular complexity index is 1860. The number of nitrogens with zero attached hydrogens (tertiary/aromatic N) is 4. The van der Waals surface area contributed by atoms with E-state index in [-0.39, 0.29) is 41.6 Å². The van der Waals surface area contributed by atoms with Crippen molar-refractivity contribution in [3.8, 4) is 0 Å². The number of thioether (sulfide) groups is 1. The Morgan fingerprint density at radius 2 is 1.75 bits per heavy atom. The van der Waals surface area contributed by atoms with Gasteiger partial charge in [-0.15, -0.1) is 0 Å². The minimum absolute atomic E-state index is 0.0304. The summed E-state index contributed by atoms with van der Waals surface area (Å²) in [5.74, 6) is -0.703. The molecule has 1 aliphatic heterocycles. The molecule has 1 aliphatic rings. The molecule has 0 aromatic carbocycles. The molecule has 3 heterocycles. The minimum Gasteiger partial charge on any atom is -0.386 e. The molecular formula is C28H46N7O17P3S. The molecule has 24 nitrogen and oxygen atoms in total. The predicted molar refractivity (Wildman–Crippen MR) is 196 cm³/mol. The molecule has 3 rings (SSSR count). The molecule has 7 atom stereocenters. The van der Waals surface area contributed by atoms with Crippen LogP contribution in [0.5, 0.6) is 0 Å². The lowest BCUT2D eigenvalue weighted by molar-refractivity contribution is -0.137. The first-order valence-corrected chi connectivity index (χ1v) is 22.1. The Labute approximate surface area is 324 Å². The monoisotopic (exact) mass is 877 g/mol. The van der Waals surface area contributed by atoms with E-state index in [9.17, 15) is 57.9 Å². The number of amides is 2. The molecule has 56 heavy (non-hydrogen) atoms. The highest BCUT2D eigenvalue weighted by Crippen LogP contribution is 2.61. The fourth-order valence-electron chi connectivity index (χ4n) is 4.77. The molecule has 0 saturated carbocycles. The average Bonchev–Trinajstić information content (AvgIpc) is 3.64. The molecule has 2 amide bonds. The molecular weight excluding hydrogens is 831 g/mol. The standard InChI is InChI=1S/C28H46N7O17P3S/c1-16(2)6-5-7-19(37)56-11-10-30-18(36)8-9-31-26(40)23(39)28(3,4)13-49-55(46,47)52-54(44,45)48-12-17-22(51-53(41,42)43)21(38)27(50-17)35-15-34-20-24(29)32-14-33-25(20)35/h5,7,14-17,21-23,27,38-39H,6,8-13H2,1-4H3,(H,30,36)(H,31,40)(H,44,45)(H,46,47)(H2,29,32,33)(H2,41,42,43)/b7-5+/t17-,21-,22-,23+,27-/m1/s1. The molecule has 0 aliphatic carbocycles. The third-order valence-corrected chi connectivity index (χ3v) is 11.5. The summed E-state index contributed by atoms with van der Waals surface area (Å²) >= 11 is 1.04. The number of allylic oxidation sites excluding steroid dienone is 1. The Morgan fingerprint density at radius 1 is 1.07 bits per heavy atom. The summed E-state index contributed by atoms with van der Waals surface area (Å²) in [5, 5.41) is 26.2. The molecule has 1 saturated heterocycles. The number of rotatable bonds is 22. The summed E-state index contributed by atoms with van der Waals surface area (Å²) in [7, 11) is -16.4. The Morgan fingerprint density at radius 3 is 2.41 bits per heavy atom. The lowest BCUT2D eigenvalue weighted by atomic mass is 9.87. The molecule has 28 heteroatoms. The third kappa shape index (κ3) is 14.9. The summed E-state index contributed by atoms with van der Waals surface area (Å²) in [6.07, 6.45) is -2.88. The van der Waals surface area contributed by atoms with E-state index in [0.717, 1.165) is 35.4 Å². The smallest absolute Gasteiger partial charge is 0.386 e. The number of nitrogens with two attached hydrogens (primary N) is 1. The van der Waals surface area contributed by atoms with Gasteiger partial charge in [0.1, 0.15) is 36.3 Å². The van der Waals surface area contributed by atoms with Crippen LogP contribution in [0.15, 0.2) is 24.8 Å². The number of nitrogens with one attached hydrogen (secondary N) is 2. The SMILES string of the molecule is CC(C)C/C=C/C(=O)SCCNC(=O)CCNC(=O)[C@H](O)C(C)(C)COP(=O)(O)OP(=O)(O)OC[C@H]1O[C@@H](n2cnc3c(N)ncnc32)[C@H](O)[C@@H]1OP(=O)(O)O. The van der Waals surface area contributed by atoms with Crippen LogP contribution in [0.1, 0.15) is 46.8 Å². The number of aliphatic hydroxyl groups excluding tert-OH is 2. The van der Waals surface area contributed by atoms with Gasteiger partial charge >= 0.3 is 23.5 Å². The number of hydrogen-bond acceptors (Lipinski definition) is 18. The van der Waals surface area contributed by atoms with E-state index in [1.54, 1.807) is 6.08 Å². The van der Waals surface area contributed by atoms with Gasteiger partial charge in [0, 0.05) is 30.7 Å². The van der Waals surface area contributed by atoms with Crippen molar-refractivity contribution in [2.45, 2.75) is 71.2 Å². The van der Waals surface area contributed by atoms with Crippen molar-refractivity contribution in [1.29, 1.82) is 0 Å². The fraction of sp³-hybridized carbons (Fsp3) is 0.643. The number of imidazole rings is 1. The van der Waals surface area contributed by atoms with Gasteiger partial charge in [0.15, 0.2) is 17.7 Å². The van der Waals surface area contributed by atoms with Crippen molar-refractivity contribution in [3.63, 3.8) is 0 Å². The van der Waals surface area contributed by atoms with Gasteiger partial charge in [0.25, 0.3) is 0 Å². The summed E-state index contributed by atoms with van der Waals surface area (Å²) in [6, 6.07) is 0. The van der Waals surface area contributed by atoms with Crippen LogP contribution in [0.4, 0.5) is 5.82 Å². The van der Waals surface area contributed by atoms with Gasteiger partial charge in [-0.1, -0.05) is 45.5 Å². The van der Waals surface area contributed by atoms with Gasteiger partial charge in [0.05, 0.1) is 19.5 Å². The highest BCUT2D eigenvalue weighted by Gasteiger charge is 2.50. The van der Waals surface area contributed by atoms with Crippen molar-refractivity contribution in [3.05, 3.63) is 24.8 Å². The van der Waals surface area contributed by atoms with Gasteiger partial charge in [-0.25, -0.2) is 28.6 Å². The second-order valence-corrected chi connectivity index (χ2v) is 18.6. The first-order chi connectivity index (χ1) is 25.9. The molecule has 2 unspecified atom stereocenters. The average molecular weight is 878 g/mol.